The second kappa shape index (κ2) is 6.30. The van der Waals surface area contributed by atoms with E-state index in [-0.39, 0.29) is 5.56 Å². The van der Waals surface area contributed by atoms with Crippen LogP contribution < -0.4 is 11.1 Å². The summed E-state index contributed by atoms with van der Waals surface area (Å²) >= 11 is 0. The smallest absolute Gasteiger partial charge is 0.263 e. The molecule has 0 heterocycles. The zero-order valence-electron chi connectivity index (χ0n) is 10.9. The first kappa shape index (κ1) is 14.9. The van der Waals surface area contributed by atoms with Crippen molar-refractivity contribution in [1.82, 2.24) is 0 Å². The first-order valence-electron chi connectivity index (χ1n) is 6.17. The Morgan fingerprint density at radius 3 is 2.19 bits per heavy atom. The fourth-order valence-corrected chi connectivity index (χ4v) is 1.90. The Hall–Kier alpha value is -2.50. The van der Waals surface area contributed by atoms with Gasteiger partial charge in [0.25, 0.3) is 6.43 Å². The van der Waals surface area contributed by atoms with Crippen LogP contribution >= 0.6 is 0 Å². The van der Waals surface area contributed by atoms with E-state index in [1.165, 1.54) is 42.5 Å². The van der Waals surface area contributed by atoms with E-state index >= 15 is 0 Å². The average molecular weight is 294 g/mol. The van der Waals surface area contributed by atoms with E-state index in [9.17, 15) is 18.0 Å². The normalized spacial score (nSPS) is 12.2. The molecule has 0 aromatic heterocycles. The predicted molar refractivity (Wildman–Crippen MR) is 73.4 cm³/mol. The Bertz CT molecular complexity index is 629. The number of alkyl halides is 2. The Morgan fingerprint density at radius 1 is 1.05 bits per heavy atom. The van der Waals surface area contributed by atoms with Crippen LogP contribution in [-0.4, -0.2) is 5.91 Å². The molecular formula is C15H13F3N2O. The Morgan fingerprint density at radius 2 is 1.67 bits per heavy atom. The zero-order chi connectivity index (χ0) is 15.4. The minimum Gasteiger partial charge on any atom is -0.370 e. The molecule has 0 radical (unpaired) electrons. The first-order chi connectivity index (χ1) is 9.97. The number of hydrogen-bond donors (Lipinski definition) is 2. The van der Waals surface area contributed by atoms with Gasteiger partial charge in [-0.2, -0.15) is 0 Å². The number of anilines is 1. The van der Waals surface area contributed by atoms with Gasteiger partial charge in [0.05, 0.1) is 0 Å². The largest absolute Gasteiger partial charge is 0.370 e. The Balaban J connectivity index is 2.24. The molecule has 0 aliphatic carbocycles. The van der Waals surface area contributed by atoms with Crippen LogP contribution in [0.25, 0.3) is 0 Å². The van der Waals surface area contributed by atoms with E-state index in [2.05, 4.69) is 5.32 Å². The molecule has 0 saturated carbocycles. The van der Waals surface area contributed by atoms with E-state index in [1.54, 1.807) is 6.07 Å². The van der Waals surface area contributed by atoms with Gasteiger partial charge in [0.15, 0.2) is 0 Å². The van der Waals surface area contributed by atoms with Gasteiger partial charge in [0.2, 0.25) is 5.91 Å². The molecule has 3 N–H and O–H groups in total. The molecule has 110 valence electrons. The highest BCUT2D eigenvalue weighted by molar-refractivity contribution is 5.84. The number of halogens is 3. The highest BCUT2D eigenvalue weighted by atomic mass is 19.3. The van der Waals surface area contributed by atoms with Gasteiger partial charge in [0, 0.05) is 11.3 Å². The van der Waals surface area contributed by atoms with Crippen molar-refractivity contribution in [2.45, 2.75) is 12.5 Å². The topological polar surface area (TPSA) is 55.1 Å². The minimum atomic E-state index is -2.58. The maximum atomic E-state index is 13.1. The average Bonchev–Trinajstić information content (AvgIpc) is 2.44. The summed E-state index contributed by atoms with van der Waals surface area (Å²) in [6.07, 6.45) is -2.58. The molecule has 0 bridgehead atoms. The molecule has 21 heavy (non-hydrogen) atoms. The van der Waals surface area contributed by atoms with Crippen LogP contribution in [0.4, 0.5) is 18.9 Å². The lowest BCUT2D eigenvalue weighted by Crippen LogP contribution is -2.27. The molecular weight excluding hydrogens is 281 g/mol. The lowest BCUT2D eigenvalue weighted by Gasteiger charge is -2.17. The number of carbonyl (C=O) groups excluding carboxylic acids is 1. The molecule has 0 fully saturated rings. The number of rotatable bonds is 5. The SMILES string of the molecule is NC(=O)C(Nc1cccc(F)c1)c1ccc(C(F)F)cc1. The Labute approximate surface area is 119 Å². The van der Waals surface area contributed by atoms with Crippen LogP contribution in [0.3, 0.4) is 0 Å². The molecule has 2 aromatic rings. The van der Waals surface area contributed by atoms with Crippen molar-refractivity contribution in [3.8, 4) is 0 Å². The molecule has 0 spiro atoms. The second-order valence-electron chi connectivity index (χ2n) is 4.46. The standard InChI is InChI=1S/C15H13F3N2O/c16-11-2-1-3-12(8-11)20-13(15(19)21)9-4-6-10(7-5-9)14(17)18/h1-8,13-14,20H,(H2,19,21). The highest BCUT2D eigenvalue weighted by Crippen LogP contribution is 2.24. The van der Waals surface area contributed by atoms with Crippen LogP contribution in [0.2, 0.25) is 0 Å². The summed E-state index contributed by atoms with van der Waals surface area (Å²) in [5.41, 5.74) is 5.96. The van der Waals surface area contributed by atoms with Crippen LogP contribution in [0.1, 0.15) is 23.6 Å². The van der Waals surface area contributed by atoms with Crippen LogP contribution in [0.15, 0.2) is 48.5 Å². The van der Waals surface area contributed by atoms with Gasteiger partial charge < -0.3 is 11.1 Å². The first-order valence-corrected chi connectivity index (χ1v) is 6.17. The van der Waals surface area contributed by atoms with Gasteiger partial charge >= 0.3 is 0 Å². The molecule has 1 atom stereocenters. The van der Waals surface area contributed by atoms with Gasteiger partial charge in [-0.3, -0.25) is 4.79 Å². The fourth-order valence-electron chi connectivity index (χ4n) is 1.90. The van der Waals surface area contributed by atoms with Crippen molar-refractivity contribution < 1.29 is 18.0 Å². The number of benzene rings is 2. The summed E-state index contributed by atoms with van der Waals surface area (Å²) in [6.45, 7) is 0. The zero-order valence-corrected chi connectivity index (χ0v) is 10.9. The quantitative estimate of drug-likeness (QED) is 0.888. The van der Waals surface area contributed by atoms with E-state index in [4.69, 9.17) is 5.73 Å². The number of primary amides is 1. The number of nitrogens with two attached hydrogens (primary N) is 1. The van der Waals surface area contributed by atoms with Gasteiger partial charge in [-0.1, -0.05) is 30.3 Å². The van der Waals surface area contributed by atoms with E-state index in [0.29, 0.717) is 11.3 Å². The summed E-state index contributed by atoms with van der Waals surface area (Å²) in [4.78, 5) is 11.5. The summed E-state index contributed by atoms with van der Waals surface area (Å²) in [6, 6.07) is 9.84. The number of hydrogen-bond acceptors (Lipinski definition) is 2. The monoisotopic (exact) mass is 294 g/mol. The summed E-state index contributed by atoms with van der Waals surface area (Å²) in [5, 5.41) is 2.78. The fraction of sp³-hybridized carbons (Fsp3) is 0.133. The van der Waals surface area contributed by atoms with Gasteiger partial charge in [-0.05, 0) is 23.8 Å². The third-order valence-corrected chi connectivity index (χ3v) is 2.94. The maximum Gasteiger partial charge on any atom is 0.263 e. The van der Waals surface area contributed by atoms with Gasteiger partial charge in [-0.15, -0.1) is 0 Å². The van der Waals surface area contributed by atoms with E-state index in [0.717, 1.165) is 0 Å². The molecule has 0 aliphatic heterocycles. The van der Waals surface area contributed by atoms with Crippen LogP contribution in [0, 0.1) is 5.82 Å². The number of amides is 1. The van der Waals surface area contributed by atoms with E-state index in [1.807, 2.05) is 0 Å². The van der Waals surface area contributed by atoms with E-state index < -0.39 is 24.2 Å². The molecule has 0 saturated heterocycles. The molecule has 2 rings (SSSR count). The third-order valence-electron chi connectivity index (χ3n) is 2.94. The van der Waals surface area contributed by atoms with Crippen molar-refractivity contribution in [3.05, 3.63) is 65.5 Å². The van der Waals surface area contributed by atoms with Gasteiger partial charge in [-0.25, -0.2) is 13.2 Å². The molecule has 0 aliphatic rings. The highest BCUT2D eigenvalue weighted by Gasteiger charge is 2.18. The number of nitrogens with one attached hydrogen (secondary N) is 1. The second-order valence-corrected chi connectivity index (χ2v) is 4.46. The molecule has 1 unspecified atom stereocenters. The Kier molecular flexibility index (Phi) is 4.47. The molecule has 3 nitrogen and oxygen atoms in total. The number of carbonyl (C=O) groups is 1. The van der Waals surface area contributed by atoms with Crippen molar-refractivity contribution >= 4 is 11.6 Å². The summed E-state index contributed by atoms with van der Waals surface area (Å²) in [5.74, 6) is -1.15. The molecule has 6 heteroatoms. The van der Waals surface area contributed by atoms with Crippen molar-refractivity contribution in [1.29, 1.82) is 0 Å². The molecule has 1 amide bonds. The predicted octanol–water partition coefficient (Wildman–Crippen LogP) is 3.40. The van der Waals surface area contributed by atoms with Gasteiger partial charge in [0.1, 0.15) is 11.9 Å². The van der Waals surface area contributed by atoms with Crippen molar-refractivity contribution in [3.63, 3.8) is 0 Å². The van der Waals surface area contributed by atoms with Crippen molar-refractivity contribution in [2.24, 2.45) is 5.73 Å². The van der Waals surface area contributed by atoms with Crippen molar-refractivity contribution in [2.75, 3.05) is 5.32 Å². The van der Waals surface area contributed by atoms with Crippen LogP contribution in [0.5, 0.6) is 0 Å². The summed E-state index contributed by atoms with van der Waals surface area (Å²) in [7, 11) is 0. The maximum absolute atomic E-state index is 13.1. The summed E-state index contributed by atoms with van der Waals surface area (Å²) < 4.78 is 38.1. The third kappa shape index (κ3) is 3.75. The minimum absolute atomic E-state index is 0.146. The lowest BCUT2D eigenvalue weighted by atomic mass is 10.0. The lowest BCUT2D eigenvalue weighted by molar-refractivity contribution is -0.118. The van der Waals surface area contributed by atoms with Crippen LogP contribution in [-0.2, 0) is 4.79 Å². The molecule has 2 aromatic carbocycles.